The van der Waals surface area contributed by atoms with Gasteiger partial charge < -0.3 is 20.3 Å². The van der Waals surface area contributed by atoms with Crippen LogP contribution in [0.25, 0.3) is 0 Å². The lowest BCUT2D eigenvalue weighted by atomic mass is 9.77. The molecule has 0 radical (unpaired) electrons. The molecule has 2 N–H and O–H groups in total. The van der Waals surface area contributed by atoms with Crippen molar-refractivity contribution in [2.75, 3.05) is 39.8 Å². The zero-order valence-corrected chi connectivity index (χ0v) is 15.8. The second-order valence-corrected chi connectivity index (χ2v) is 8.23. The monoisotopic (exact) mass is 357 g/mol. The second kappa shape index (κ2) is 7.57. The van der Waals surface area contributed by atoms with Crippen LogP contribution >= 0.6 is 0 Å². The maximum Gasteiger partial charge on any atom is 0.239 e. The molecule has 4 rings (SSSR count). The molecule has 1 aromatic carbocycles. The first kappa shape index (κ1) is 17.8. The Morgan fingerprint density at radius 2 is 1.92 bits per heavy atom. The summed E-state index contributed by atoms with van der Waals surface area (Å²) in [6.07, 6.45) is 5.45. The van der Waals surface area contributed by atoms with Gasteiger partial charge in [-0.25, -0.2) is 0 Å². The summed E-state index contributed by atoms with van der Waals surface area (Å²) >= 11 is 0. The Bertz CT molecular complexity index is 634. The van der Waals surface area contributed by atoms with Gasteiger partial charge in [0.1, 0.15) is 5.75 Å². The number of methoxy groups -OCH3 is 1. The third kappa shape index (κ3) is 3.47. The van der Waals surface area contributed by atoms with E-state index < -0.39 is 0 Å². The van der Waals surface area contributed by atoms with Gasteiger partial charge in [0.05, 0.1) is 13.2 Å². The highest BCUT2D eigenvalue weighted by molar-refractivity contribution is 5.82. The Hall–Kier alpha value is -1.59. The number of rotatable bonds is 3. The number of benzene rings is 1. The third-order valence-corrected chi connectivity index (χ3v) is 6.71. The van der Waals surface area contributed by atoms with E-state index in [0.29, 0.717) is 17.2 Å². The lowest BCUT2D eigenvalue weighted by Gasteiger charge is -2.35. The van der Waals surface area contributed by atoms with Crippen LogP contribution in [-0.4, -0.2) is 56.7 Å². The summed E-state index contributed by atoms with van der Waals surface area (Å²) in [5.41, 5.74) is 1.64. The summed E-state index contributed by atoms with van der Waals surface area (Å²) in [5, 5.41) is 6.98. The number of nitrogens with zero attached hydrogens (tertiary/aromatic N) is 1. The normalized spacial score (nSPS) is 26.2. The fourth-order valence-corrected chi connectivity index (χ4v) is 5.06. The molecule has 1 amide bonds. The number of carbonyl (C=O) groups is 1. The summed E-state index contributed by atoms with van der Waals surface area (Å²) in [6, 6.07) is 8.32. The summed E-state index contributed by atoms with van der Waals surface area (Å²) < 4.78 is 5.52. The van der Waals surface area contributed by atoms with E-state index in [-0.39, 0.29) is 6.04 Å². The van der Waals surface area contributed by atoms with Crippen molar-refractivity contribution in [1.29, 1.82) is 0 Å². The molecule has 0 bridgehead atoms. The molecule has 1 atom stereocenters. The summed E-state index contributed by atoms with van der Waals surface area (Å²) in [5.74, 6) is 1.78. The highest BCUT2D eigenvalue weighted by Gasteiger charge is 2.43. The topological polar surface area (TPSA) is 53.6 Å². The molecule has 1 aromatic rings. The standard InChI is InChI=1S/C21H31N3O2/c1-26-19-5-3-2-4-17(19)16-6-12-24(13-7-16)20(25)18-14-21(15-23-18)8-10-22-11-9-21/h2-5,16,18,22-23H,6-15H2,1H3. The number of carbonyl (C=O) groups excluding carboxylic acids is 1. The lowest BCUT2D eigenvalue weighted by molar-refractivity contribution is -0.134. The summed E-state index contributed by atoms with van der Waals surface area (Å²) in [7, 11) is 1.74. The molecule has 0 aromatic heterocycles. The number of nitrogens with one attached hydrogen (secondary N) is 2. The van der Waals surface area contributed by atoms with Crippen LogP contribution in [0.5, 0.6) is 5.75 Å². The third-order valence-electron chi connectivity index (χ3n) is 6.71. The molecular weight excluding hydrogens is 326 g/mol. The van der Waals surface area contributed by atoms with E-state index in [1.807, 2.05) is 12.1 Å². The first-order valence-electron chi connectivity index (χ1n) is 10.1. The molecule has 0 aliphatic carbocycles. The van der Waals surface area contributed by atoms with Gasteiger partial charge in [0.15, 0.2) is 0 Å². The molecule has 1 spiro atoms. The van der Waals surface area contributed by atoms with Crippen molar-refractivity contribution in [3.8, 4) is 5.75 Å². The minimum absolute atomic E-state index is 0.0240. The number of hydrogen-bond acceptors (Lipinski definition) is 4. The van der Waals surface area contributed by atoms with Crippen molar-refractivity contribution >= 4 is 5.91 Å². The zero-order chi connectivity index (χ0) is 18.0. The molecule has 1 unspecified atom stereocenters. The summed E-state index contributed by atoms with van der Waals surface area (Å²) in [4.78, 5) is 15.1. The fraction of sp³-hybridized carbons (Fsp3) is 0.667. The van der Waals surface area contributed by atoms with Gasteiger partial charge in [0, 0.05) is 19.6 Å². The van der Waals surface area contributed by atoms with Gasteiger partial charge in [0.25, 0.3) is 0 Å². The largest absolute Gasteiger partial charge is 0.496 e. The van der Waals surface area contributed by atoms with Gasteiger partial charge in [-0.1, -0.05) is 18.2 Å². The van der Waals surface area contributed by atoms with Crippen LogP contribution in [0.15, 0.2) is 24.3 Å². The highest BCUT2D eigenvalue weighted by Crippen LogP contribution is 2.39. The van der Waals surface area contributed by atoms with Crippen molar-refractivity contribution < 1.29 is 9.53 Å². The SMILES string of the molecule is COc1ccccc1C1CCN(C(=O)C2CC3(CCNCC3)CN2)CC1. The maximum atomic E-state index is 13.0. The van der Waals surface area contributed by atoms with Gasteiger partial charge in [-0.3, -0.25) is 4.79 Å². The molecule has 3 saturated heterocycles. The molecule has 3 aliphatic rings. The molecule has 0 saturated carbocycles. The van der Waals surface area contributed by atoms with Crippen LogP contribution in [0.3, 0.4) is 0 Å². The van der Waals surface area contributed by atoms with Gasteiger partial charge in [-0.05, 0) is 68.2 Å². The van der Waals surface area contributed by atoms with Crippen molar-refractivity contribution in [3.63, 3.8) is 0 Å². The fourth-order valence-electron chi connectivity index (χ4n) is 5.06. The molecule has 3 aliphatic heterocycles. The van der Waals surface area contributed by atoms with Crippen LogP contribution in [-0.2, 0) is 4.79 Å². The average molecular weight is 357 g/mol. The number of likely N-dealkylation sites (tertiary alicyclic amines) is 1. The number of ether oxygens (including phenoxy) is 1. The number of para-hydroxylation sites is 1. The molecule has 5 heteroatoms. The first-order chi connectivity index (χ1) is 12.7. The van der Waals surface area contributed by atoms with Gasteiger partial charge in [-0.2, -0.15) is 0 Å². The molecule has 26 heavy (non-hydrogen) atoms. The lowest BCUT2D eigenvalue weighted by Crippen LogP contribution is -2.46. The minimum atomic E-state index is 0.0240. The van der Waals surface area contributed by atoms with E-state index in [1.165, 1.54) is 18.4 Å². The van der Waals surface area contributed by atoms with Crippen LogP contribution in [0.2, 0.25) is 0 Å². The first-order valence-corrected chi connectivity index (χ1v) is 10.1. The quantitative estimate of drug-likeness (QED) is 0.870. The van der Waals surface area contributed by atoms with E-state index in [9.17, 15) is 4.79 Å². The predicted molar refractivity (Wildman–Crippen MR) is 102 cm³/mol. The predicted octanol–water partition coefficient (Wildman–Crippen LogP) is 2.13. The van der Waals surface area contributed by atoms with Crippen molar-refractivity contribution in [1.82, 2.24) is 15.5 Å². The Morgan fingerprint density at radius 3 is 2.65 bits per heavy atom. The van der Waals surface area contributed by atoms with E-state index >= 15 is 0 Å². The van der Waals surface area contributed by atoms with Crippen molar-refractivity contribution in [2.45, 2.75) is 44.1 Å². The van der Waals surface area contributed by atoms with Crippen LogP contribution in [0.4, 0.5) is 0 Å². The van der Waals surface area contributed by atoms with E-state index in [1.54, 1.807) is 7.11 Å². The van der Waals surface area contributed by atoms with Crippen LogP contribution in [0, 0.1) is 5.41 Å². The highest BCUT2D eigenvalue weighted by atomic mass is 16.5. The smallest absolute Gasteiger partial charge is 0.239 e. The van der Waals surface area contributed by atoms with Crippen LogP contribution < -0.4 is 15.4 Å². The molecule has 142 valence electrons. The zero-order valence-electron chi connectivity index (χ0n) is 15.8. The van der Waals surface area contributed by atoms with Gasteiger partial charge in [0.2, 0.25) is 5.91 Å². The Labute approximate surface area is 156 Å². The van der Waals surface area contributed by atoms with Crippen molar-refractivity contribution in [3.05, 3.63) is 29.8 Å². The Balaban J connectivity index is 1.34. The maximum absolute atomic E-state index is 13.0. The molecule has 3 heterocycles. The summed E-state index contributed by atoms with van der Waals surface area (Å²) in [6.45, 7) is 4.89. The average Bonchev–Trinajstić information content (AvgIpc) is 3.11. The number of hydrogen-bond donors (Lipinski definition) is 2. The van der Waals surface area contributed by atoms with Crippen LogP contribution in [0.1, 0.15) is 43.6 Å². The van der Waals surface area contributed by atoms with Crippen molar-refractivity contribution in [2.24, 2.45) is 5.41 Å². The van der Waals surface area contributed by atoms with E-state index in [2.05, 4.69) is 27.7 Å². The van der Waals surface area contributed by atoms with E-state index in [0.717, 1.165) is 57.7 Å². The second-order valence-electron chi connectivity index (χ2n) is 8.23. The number of amides is 1. The molecule has 3 fully saturated rings. The van der Waals surface area contributed by atoms with Gasteiger partial charge >= 0.3 is 0 Å². The molecule has 5 nitrogen and oxygen atoms in total. The molecular formula is C21H31N3O2. The Kier molecular flexibility index (Phi) is 5.18. The van der Waals surface area contributed by atoms with E-state index in [4.69, 9.17) is 4.74 Å². The Morgan fingerprint density at radius 1 is 1.19 bits per heavy atom. The number of piperidine rings is 2. The van der Waals surface area contributed by atoms with Gasteiger partial charge in [-0.15, -0.1) is 0 Å². The minimum Gasteiger partial charge on any atom is -0.496 e.